The highest BCUT2D eigenvalue weighted by Gasteiger charge is 2.24. The minimum atomic E-state index is 0.659. The van der Waals surface area contributed by atoms with Crippen molar-refractivity contribution < 1.29 is 8.52 Å². The summed E-state index contributed by atoms with van der Waals surface area (Å²) in [4.78, 5) is 3.74. The standard InChI is InChI=1S/C22H19N3S/c1-15-9-10-17-7-5-6-8-20(17)25(15)22-14-18(23-3)13-19(16(22)2)21-11-12-26-24(21)4/h5-14H,1-2,4H3/q+2. The van der Waals surface area contributed by atoms with Gasteiger partial charge in [0.05, 0.1) is 12.0 Å². The highest BCUT2D eigenvalue weighted by molar-refractivity contribution is 6.99. The van der Waals surface area contributed by atoms with Gasteiger partial charge in [0.1, 0.15) is 11.5 Å². The van der Waals surface area contributed by atoms with E-state index in [1.165, 1.54) is 10.9 Å². The van der Waals surface area contributed by atoms with Crippen molar-refractivity contribution in [2.45, 2.75) is 13.8 Å². The fourth-order valence-electron chi connectivity index (χ4n) is 3.48. The van der Waals surface area contributed by atoms with Crippen molar-refractivity contribution >= 4 is 28.1 Å². The molecule has 0 saturated heterocycles. The molecule has 2 aromatic carbocycles. The van der Waals surface area contributed by atoms with Crippen LogP contribution in [0.15, 0.2) is 60.0 Å². The van der Waals surface area contributed by atoms with Gasteiger partial charge in [0, 0.05) is 47.7 Å². The first kappa shape index (κ1) is 16.4. The zero-order chi connectivity index (χ0) is 18.3. The van der Waals surface area contributed by atoms with Crippen molar-refractivity contribution in [2.75, 3.05) is 0 Å². The topological polar surface area (TPSA) is 12.1 Å². The third-order valence-corrected chi connectivity index (χ3v) is 5.60. The first-order chi connectivity index (χ1) is 12.6. The van der Waals surface area contributed by atoms with Crippen molar-refractivity contribution in [1.29, 1.82) is 0 Å². The summed E-state index contributed by atoms with van der Waals surface area (Å²) < 4.78 is 4.40. The van der Waals surface area contributed by atoms with Crippen LogP contribution in [0.25, 0.3) is 32.7 Å². The van der Waals surface area contributed by atoms with E-state index < -0.39 is 0 Å². The lowest BCUT2D eigenvalue weighted by Crippen LogP contribution is -2.36. The summed E-state index contributed by atoms with van der Waals surface area (Å²) in [7, 11) is 2.06. The van der Waals surface area contributed by atoms with Crippen molar-refractivity contribution in [3.63, 3.8) is 0 Å². The molecule has 0 aliphatic heterocycles. The molecule has 0 unspecified atom stereocenters. The Labute approximate surface area is 157 Å². The van der Waals surface area contributed by atoms with Crippen molar-refractivity contribution in [2.24, 2.45) is 7.05 Å². The number of benzene rings is 2. The van der Waals surface area contributed by atoms with E-state index in [2.05, 4.69) is 82.1 Å². The Morgan fingerprint density at radius 2 is 1.81 bits per heavy atom. The van der Waals surface area contributed by atoms with Gasteiger partial charge in [-0.05, 0) is 25.1 Å². The van der Waals surface area contributed by atoms with Crippen LogP contribution in [0.5, 0.6) is 0 Å². The molecule has 4 heteroatoms. The molecule has 0 radical (unpaired) electrons. The van der Waals surface area contributed by atoms with Gasteiger partial charge in [-0.2, -0.15) is 4.57 Å². The largest absolute Gasteiger partial charge is 0.238 e. The summed E-state index contributed by atoms with van der Waals surface area (Å²) in [6, 6.07) is 18.8. The number of hydrogen-bond acceptors (Lipinski definition) is 1. The molecule has 0 aliphatic rings. The Balaban J connectivity index is 2.10. The van der Waals surface area contributed by atoms with Crippen LogP contribution < -0.4 is 8.52 Å². The molecule has 26 heavy (non-hydrogen) atoms. The second-order valence-electron chi connectivity index (χ2n) is 6.41. The number of para-hydroxylation sites is 1. The predicted molar refractivity (Wildman–Crippen MR) is 106 cm³/mol. The fraction of sp³-hybridized carbons (Fsp3) is 0.136. The molecule has 0 N–H and O–H groups in total. The predicted octanol–water partition coefficient (Wildman–Crippen LogP) is 4.84. The minimum absolute atomic E-state index is 0.659. The average molecular weight is 357 g/mol. The summed E-state index contributed by atoms with van der Waals surface area (Å²) in [5, 5.41) is 3.27. The third kappa shape index (κ3) is 2.58. The van der Waals surface area contributed by atoms with Gasteiger partial charge in [-0.3, -0.25) is 0 Å². The van der Waals surface area contributed by atoms with Crippen LogP contribution >= 0.6 is 11.5 Å². The lowest BCUT2D eigenvalue weighted by molar-refractivity contribution is -0.589. The second kappa shape index (κ2) is 6.36. The monoisotopic (exact) mass is 357 g/mol. The van der Waals surface area contributed by atoms with Crippen LogP contribution in [-0.4, -0.2) is 0 Å². The highest BCUT2D eigenvalue weighted by atomic mass is 32.1. The van der Waals surface area contributed by atoms with Gasteiger partial charge >= 0.3 is 0 Å². The molecule has 0 spiro atoms. The summed E-state index contributed by atoms with van der Waals surface area (Å²) >= 11 is 1.66. The maximum absolute atomic E-state index is 7.58. The molecule has 0 aliphatic carbocycles. The first-order valence-electron chi connectivity index (χ1n) is 8.47. The minimum Gasteiger partial charge on any atom is -0.238 e. The molecule has 2 heterocycles. The lowest BCUT2D eigenvalue weighted by atomic mass is 10.0. The van der Waals surface area contributed by atoms with Crippen LogP contribution in [0.3, 0.4) is 0 Å². The SMILES string of the molecule is [C-]#[N+]c1cc(-c2ccs[n+]2C)c(C)c(-[n+]2c(C)ccc3ccccc32)c1. The number of rotatable bonds is 2. The molecule has 0 amide bonds. The van der Waals surface area contributed by atoms with E-state index in [0.717, 1.165) is 28.2 Å². The molecule has 4 rings (SSSR count). The van der Waals surface area contributed by atoms with Crippen LogP contribution in [0.4, 0.5) is 5.69 Å². The number of pyridine rings is 1. The fourth-order valence-corrected chi connectivity index (χ4v) is 4.13. The van der Waals surface area contributed by atoms with E-state index in [4.69, 9.17) is 6.57 Å². The van der Waals surface area contributed by atoms with Gasteiger partial charge < -0.3 is 0 Å². The average Bonchev–Trinajstić information content (AvgIpc) is 3.08. The Morgan fingerprint density at radius 3 is 2.54 bits per heavy atom. The molecule has 0 atom stereocenters. The Morgan fingerprint density at radius 1 is 1.00 bits per heavy atom. The Hall–Kier alpha value is -3.03. The summed E-state index contributed by atoms with van der Waals surface area (Å²) in [5.41, 5.74) is 7.44. The number of aromatic nitrogens is 2. The lowest BCUT2D eigenvalue weighted by Gasteiger charge is -2.10. The van der Waals surface area contributed by atoms with Crippen LogP contribution in [0.1, 0.15) is 11.3 Å². The van der Waals surface area contributed by atoms with Gasteiger partial charge in [0.15, 0.2) is 18.4 Å². The molecule has 2 aromatic heterocycles. The van der Waals surface area contributed by atoms with E-state index in [9.17, 15) is 0 Å². The summed E-state index contributed by atoms with van der Waals surface area (Å²) in [6.45, 7) is 11.8. The van der Waals surface area contributed by atoms with E-state index in [1.807, 2.05) is 12.1 Å². The zero-order valence-electron chi connectivity index (χ0n) is 15.0. The van der Waals surface area contributed by atoms with Crippen molar-refractivity contribution in [3.05, 3.63) is 82.7 Å². The molecular formula is C22H19N3S+2. The second-order valence-corrected chi connectivity index (χ2v) is 7.44. The molecule has 0 saturated carbocycles. The van der Waals surface area contributed by atoms with E-state index in [0.29, 0.717) is 5.69 Å². The summed E-state index contributed by atoms with van der Waals surface area (Å²) in [5.74, 6) is 0. The smallest absolute Gasteiger partial charge is 0.226 e. The molecule has 126 valence electrons. The molecule has 0 fully saturated rings. The number of hydrogen-bond donors (Lipinski definition) is 0. The maximum Gasteiger partial charge on any atom is 0.226 e. The molecule has 3 nitrogen and oxygen atoms in total. The third-order valence-electron chi connectivity index (χ3n) is 4.83. The van der Waals surface area contributed by atoms with Crippen molar-refractivity contribution in [1.82, 2.24) is 0 Å². The van der Waals surface area contributed by atoms with E-state index in [-0.39, 0.29) is 0 Å². The number of fused-ring (bicyclic) bond motifs is 1. The summed E-state index contributed by atoms with van der Waals surface area (Å²) in [6.07, 6.45) is 0. The zero-order valence-corrected chi connectivity index (χ0v) is 15.8. The maximum atomic E-state index is 7.58. The number of aryl methyl sites for hydroxylation is 2. The molecule has 0 bridgehead atoms. The quantitative estimate of drug-likeness (QED) is 0.360. The van der Waals surface area contributed by atoms with Gasteiger partial charge in [0.25, 0.3) is 0 Å². The van der Waals surface area contributed by atoms with Gasteiger partial charge in [0.2, 0.25) is 16.9 Å². The van der Waals surface area contributed by atoms with Crippen LogP contribution in [-0.2, 0) is 7.05 Å². The molecular weight excluding hydrogens is 338 g/mol. The van der Waals surface area contributed by atoms with Gasteiger partial charge in [-0.15, -0.1) is 3.96 Å². The van der Waals surface area contributed by atoms with Crippen LogP contribution in [0, 0.1) is 20.4 Å². The number of nitrogens with zero attached hydrogens (tertiary/aromatic N) is 3. The highest BCUT2D eigenvalue weighted by Crippen LogP contribution is 2.31. The van der Waals surface area contributed by atoms with E-state index >= 15 is 0 Å². The molecule has 4 aromatic rings. The normalized spacial score (nSPS) is 10.8. The van der Waals surface area contributed by atoms with E-state index in [1.54, 1.807) is 11.5 Å². The van der Waals surface area contributed by atoms with Crippen molar-refractivity contribution in [3.8, 4) is 16.9 Å². The first-order valence-corrected chi connectivity index (χ1v) is 9.31. The van der Waals surface area contributed by atoms with Crippen LogP contribution in [0.2, 0.25) is 0 Å². The Kier molecular flexibility index (Phi) is 4.02. The van der Waals surface area contributed by atoms with Gasteiger partial charge in [-0.25, -0.2) is 4.85 Å². The Bertz CT molecular complexity index is 1180. The van der Waals surface area contributed by atoms with Gasteiger partial charge in [-0.1, -0.05) is 12.1 Å².